The molecule has 1 amide bonds. The Bertz CT molecular complexity index is 1000. The van der Waals surface area contributed by atoms with E-state index in [1.54, 1.807) is 20.5 Å². The molecule has 1 fully saturated rings. The van der Waals surface area contributed by atoms with Crippen molar-refractivity contribution in [2.45, 2.75) is 25.0 Å². The van der Waals surface area contributed by atoms with Crippen LogP contribution in [0.15, 0.2) is 48.8 Å². The van der Waals surface area contributed by atoms with E-state index >= 15 is 0 Å². The standard InChI is InChI=1S/C21H25N5O3/c1-28-19-8-7-14(11-20(19)29-2)16-12-17(25-24-16)21(27)22-9-10-26-13-23-15-5-3-4-6-18(15)26/h3-8,11,13,16-17,24-25H,9-10,12H2,1-2H3,(H,22,27). The third-order valence-electron chi connectivity index (χ3n) is 5.21. The molecule has 1 aliphatic heterocycles. The number of aromatic nitrogens is 2. The van der Waals surface area contributed by atoms with Crippen molar-refractivity contribution in [3.63, 3.8) is 0 Å². The second-order valence-corrected chi connectivity index (χ2v) is 6.96. The van der Waals surface area contributed by atoms with Crippen molar-refractivity contribution < 1.29 is 14.3 Å². The Morgan fingerprint density at radius 1 is 1.17 bits per heavy atom. The number of hydrogen-bond acceptors (Lipinski definition) is 6. The average Bonchev–Trinajstić information content (AvgIpc) is 3.41. The molecule has 29 heavy (non-hydrogen) atoms. The molecule has 1 saturated heterocycles. The van der Waals surface area contributed by atoms with Crippen LogP contribution in [-0.2, 0) is 11.3 Å². The fraction of sp³-hybridized carbons (Fsp3) is 0.333. The predicted molar refractivity (Wildman–Crippen MR) is 110 cm³/mol. The summed E-state index contributed by atoms with van der Waals surface area (Å²) in [7, 11) is 3.22. The summed E-state index contributed by atoms with van der Waals surface area (Å²) in [4.78, 5) is 16.9. The van der Waals surface area contributed by atoms with Crippen molar-refractivity contribution in [3.05, 3.63) is 54.4 Å². The summed E-state index contributed by atoms with van der Waals surface area (Å²) in [6.07, 6.45) is 2.45. The molecule has 152 valence electrons. The zero-order valence-electron chi connectivity index (χ0n) is 16.5. The minimum absolute atomic E-state index is 0.0168. The molecule has 1 aliphatic rings. The van der Waals surface area contributed by atoms with E-state index in [1.165, 1.54) is 0 Å². The molecule has 0 aliphatic carbocycles. The number of methoxy groups -OCH3 is 2. The van der Waals surface area contributed by atoms with Crippen molar-refractivity contribution in [3.8, 4) is 11.5 Å². The third kappa shape index (κ3) is 4.03. The smallest absolute Gasteiger partial charge is 0.238 e. The van der Waals surface area contributed by atoms with Crippen molar-refractivity contribution in [2.75, 3.05) is 20.8 Å². The largest absolute Gasteiger partial charge is 0.493 e. The quantitative estimate of drug-likeness (QED) is 0.565. The fourth-order valence-electron chi connectivity index (χ4n) is 3.63. The van der Waals surface area contributed by atoms with E-state index < -0.39 is 0 Å². The summed E-state index contributed by atoms with van der Waals surface area (Å²) in [5, 5.41) is 3.01. The SMILES string of the molecule is COc1ccc(C2CC(C(=O)NCCn3cnc4ccccc43)NN2)cc1OC. The van der Waals surface area contributed by atoms with E-state index in [-0.39, 0.29) is 18.0 Å². The van der Waals surface area contributed by atoms with Crippen LogP contribution in [0.4, 0.5) is 0 Å². The van der Waals surface area contributed by atoms with Crippen LogP contribution >= 0.6 is 0 Å². The van der Waals surface area contributed by atoms with Crippen LogP contribution in [0.1, 0.15) is 18.0 Å². The van der Waals surface area contributed by atoms with Gasteiger partial charge < -0.3 is 19.4 Å². The van der Waals surface area contributed by atoms with Gasteiger partial charge in [-0.25, -0.2) is 15.8 Å². The van der Waals surface area contributed by atoms with E-state index in [9.17, 15) is 4.79 Å². The lowest BCUT2D eigenvalue weighted by molar-refractivity contribution is -0.122. The van der Waals surface area contributed by atoms with Crippen LogP contribution in [0.25, 0.3) is 11.0 Å². The number of nitrogens with one attached hydrogen (secondary N) is 3. The number of hydrazine groups is 1. The van der Waals surface area contributed by atoms with Crippen LogP contribution in [0.2, 0.25) is 0 Å². The number of nitrogens with zero attached hydrogens (tertiary/aromatic N) is 2. The van der Waals surface area contributed by atoms with Crippen LogP contribution in [0.5, 0.6) is 11.5 Å². The number of carbonyl (C=O) groups excluding carboxylic acids is 1. The number of benzene rings is 2. The molecule has 3 N–H and O–H groups in total. The average molecular weight is 395 g/mol. The third-order valence-corrected chi connectivity index (χ3v) is 5.21. The number of carbonyl (C=O) groups is 1. The first-order valence-corrected chi connectivity index (χ1v) is 9.60. The van der Waals surface area contributed by atoms with Crippen molar-refractivity contribution in [2.24, 2.45) is 0 Å². The highest BCUT2D eigenvalue weighted by Gasteiger charge is 2.30. The van der Waals surface area contributed by atoms with Gasteiger partial charge in [0.25, 0.3) is 0 Å². The molecule has 8 heteroatoms. The highest BCUT2D eigenvalue weighted by molar-refractivity contribution is 5.82. The fourth-order valence-corrected chi connectivity index (χ4v) is 3.63. The van der Waals surface area contributed by atoms with E-state index in [0.29, 0.717) is 31.0 Å². The summed E-state index contributed by atoms with van der Waals surface area (Å²) in [6.45, 7) is 1.21. The number of imidazole rings is 1. The Kier molecular flexibility index (Phi) is 5.64. The molecule has 3 aromatic rings. The van der Waals surface area contributed by atoms with E-state index in [1.807, 2.05) is 47.0 Å². The Balaban J connectivity index is 1.31. The number of hydrogen-bond donors (Lipinski definition) is 3. The molecule has 4 rings (SSSR count). The van der Waals surface area contributed by atoms with Crippen LogP contribution in [-0.4, -0.2) is 42.3 Å². The van der Waals surface area contributed by atoms with Crippen LogP contribution in [0.3, 0.4) is 0 Å². The van der Waals surface area contributed by atoms with E-state index in [0.717, 1.165) is 16.6 Å². The summed E-state index contributed by atoms with van der Waals surface area (Å²) < 4.78 is 12.7. The molecule has 2 atom stereocenters. The maximum absolute atomic E-state index is 12.6. The maximum Gasteiger partial charge on any atom is 0.238 e. The van der Waals surface area contributed by atoms with Crippen LogP contribution in [0, 0.1) is 0 Å². The van der Waals surface area contributed by atoms with Crippen LogP contribution < -0.4 is 25.6 Å². The molecule has 2 aromatic carbocycles. The maximum atomic E-state index is 12.6. The molecule has 2 unspecified atom stereocenters. The zero-order chi connectivity index (χ0) is 20.2. The highest BCUT2D eigenvalue weighted by atomic mass is 16.5. The Hall–Kier alpha value is -3.10. The first-order chi connectivity index (χ1) is 14.2. The van der Waals surface area contributed by atoms with E-state index in [4.69, 9.17) is 9.47 Å². The lowest BCUT2D eigenvalue weighted by atomic mass is 10.0. The van der Waals surface area contributed by atoms with Gasteiger partial charge in [0.2, 0.25) is 5.91 Å². The number of fused-ring (bicyclic) bond motifs is 1. The first kappa shape index (κ1) is 19.2. The molecule has 0 saturated carbocycles. The highest BCUT2D eigenvalue weighted by Crippen LogP contribution is 2.32. The predicted octanol–water partition coefficient (Wildman–Crippen LogP) is 1.78. The number of amides is 1. The molecule has 8 nitrogen and oxygen atoms in total. The van der Waals surface area contributed by atoms with Gasteiger partial charge in [0.1, 0.15) is 6.04 Å². The topological polar surface area (TPSA) is 89.4 Å². The summed E-state index contributed by atoms with van der Waals surface area (Å²) >= 11 is 0. The molecule has 1 aromatic heterocycles. The summed E-state index contributed by atoms with van der Waals surface area (Å²) in [5.74, 6) is 1.33. The second kappa shape index (κ2) is 8.50. The number of para-hydroxylation sites is 2. The minimum atomic E-state index is -0.298. The minimum Gasteiger partial charge on any atom is -0.493 e. The van der Waals surface area contributed by atoms with Crippen molar-refractivity contribution in [1.29, 1.82) is 0 Å². The summed E-state index contributed by atoms with van der Waals surface area (Å²) in [6, 6.07) is 13.5. The molecular weight excluding hydrogens is 370 g/mol. The number of rotatable bonds is 7. The lowest BCUT2D eigenvalue weighted by Gasteiger charge is -2.14. The van der Waals surface area contributed by atoms with Gasteiger partial charge >= 0.3 is 0 Å². The molecular formula is C21H25N5O3. The normalized spacial score (nSPS) is 18.7. The van der Waals surface area contributed by atoms with Gasteiger partial charge in [0.05, 0.1) is 31.6 Å². The lowest BCUT2D eigenvalue weighted by Crippen LogP contribution is -2.44. The van der Waals surface area contributed by atoms with Crippen molar-refractivity contribution >= 4 is 16.9 Å². The second-order valence-electron chi connectivity index (χ2n) is 6.96. The summed E-state index contributed by atoms with van der Waals surface area (Å²) in [5.41, 5.74) is 9.35. The van der Waals surface area contributed by atoms with E-state index in [2.05, 4.69) is 21.2 Å². The van der Waals surface area contributed by atoms with Gasteiger partial charge in [0.15, 0.2) is 11.5 Å². The first-order valence-electron chi connectivity index (χ1n) is 9.60. The Morgan fingerprint density at radius 3 is 2.83 bits per heavy atom. The van der Waals surface area contributed by atoms with Gasteiger partial charge in [-0.1, -0.05) is 18.2 Å². The van der Waals surface area contributed by atoms with Gasteiger partial charge in [-0.3, -0.25) is 4.79 Å². The monoisotopic (exact) mass is 395 g/mol. The Labute approximate surface area is 169 Å². The molecule has 0 bridgehead atoms. The van der Waals surface area contributed by atoms with Gasteiger partial charge in [-0.15, -0.1) is 0 Å². The van der Waals surface area contributed by atoms with Gasteiger partial charge in [-0.05, 0) is 36.2 Å². The molecule has 0 radical (unpaired) electrons. The van der Waals surface area contributed by atoms with Gasteiger partial charge in [-0.2, -0.15) is 0 Å². The molecule has 2 heterocycles. The number of ether oxygens (including phenoxy) is 2. The molecule has 0 spiro atoms. The van der Waals surface area contributed by atoms with Crippen molar-refractivity contribution in [1.82, 2.24) is 25.7 Å². The Morgan fingerprint density at radius 2 is 2.00 bits per heavy atom. The van der Waals surface area contributed by atoms with Gasteiger partial charge in [0, 0.05) is 19.1 Å². The zero-order valence-corrected chi connectivity index (χ0v) is 16.5.